The van der Waals surface area contributed by atoms with E-state index >= 15 is 0 Å². The molecule has 1 atom stereocenters. The van der Waals surface area contributed by atoms with E-state index in [2.05, 4.69) is 12.6 Å². The van der Waals surface area contributed by atoms with Crippen molar-refractivity contribution in [2.24, 2.45) is 0 Å². The van der Waals surface area contributed by atoms with Crippen LogP contribution in [0.15, 0.2) is 29.2 Å². The van der Waals surface area contributed by atoms with E-state index in [4.69, 9.17) is 14.9 Å². The van der Waals surface area contributed by atoms with Gasteiger partial charge in [-0.15, -0.1) is 12.6 Å². The molecule has 1 unspecified atom stereocenters. The van der Waals surface area contributed by atoms with Gasteiger partial charge in [0.1, 0.15) is 12.7 Å². The normalized spacial score (nSPS) is 12.2. The molecule has 0 fully saturated rings. The Bertz CT molecular complexity index is 350. The maximum atomic E-state index is 11.3. The van der Waals surface area contributed by atoms with Crippen molar-refractivity contribution < 1.29 is 19.7 Å². The fraction of sp³-hybridized carbons (Fsp3) is 0.417. The van der Waals surface area contributed by atoms with Gasteiger partial charge in [-0.3, -0.25) is 4.79 Å². The van der Waals surface area contributed by atoms with Crippen molar-refractivity contribution >= 4 is 18.6 Å². The largest absolute Gasteiger partial charge is 0.463 e. The first-order chi connectivity index (χ1) is 8.11. The number of carbonyl (C=O) groups excluding carboxylic acids is 1. The minimum Gasteiger partial charge on any atom is -0.463 e. The third kappa shape index (κ3) is 5.72. The molecule has 2 N–H and O–H groups in total. The Kier molecular flexibility index (Phi) is 6.04. The van der Waals surface area contributed by atoms with Crippen LogP contribution in [0.1, 0.15) is 12.0 Å². The second-order valence-corrected chi connectivity index (χ2v) is 4.20. The highest BCUT2D eigenvalue weighted by Gasteiger charge is 2.07. The molecular weight excluding hydrogens is 240 g/mol. The summed E-state index contributed by atoms with van der Waals surface area (Å²) < 4.78 is 4.78. The van der Waals surface area contributed by atoms with Gasteiger partial charge >= 0.3 is 5.97 Å². The molecule has 0 aromatic heterocycles. The van der Waals surface area contributed by atoms with Gasteiger partial charge < -0.3 is 14.9 Å². The number of aliphatic hydroxyl groups is 2. The molecule has 94 valence electrons. The van der Waals surface area contributed by atoms with E-state index in [-0.39, 0.29) is 19.0 Å². The summed E-state index contributed by atoms with van der Waals surface area (Å²) in [6, 6.07) is 7.52. The number of thiol groups is 1. The lowest BCUT2D eigenvalue weighted by Crippen LogP contribution is -2.22. The summed E-state index contributed by atoms with van der Waals surface area (Å²) in [5.74, 6) is -0.382. The molecule has 0 aliphatic heterocycles. The summed E-state index contributed by atoms with van der Waals surface area (Å²) in [4.78, 5) is 12.2. The first-order valence-electron chi connectivity index (χ1n) is 5.34. The monoisotopic (exact) mass is 256 g/mol. The van der Waals surface area contributed by atoms with E-state index in [1.54, 1.807) is 0 Å². The van der Waals surface area contributed by atoms with Crippen molar-refractivity contribution in [3.8, 4) is 0 Å². The van der Waals surface area contributed by atoms with E-state index in [0.29, 0.717) is 6.42 Å². The Labute approximate surface area is 106 Å². The molecular formula is C12H16O4S. The summed E-state index contributed by atoms with van der Waals surface area (Å²) in [5, 5.41) is 17.5. The van der Waals surface area contributed by atoms with Crippen molar-refractivity contribution in [1.82, 2.24) is 0 Å². The lowest BCUT2D eigenvalue weighted by Gasteiger charge is -2.08. The average Bonchev–Trinajstić information content (AvgIpc) is 2.35. The summed E-state index contributed by atoms with van der Waals surface area (Å²) in [5.41, 5.74) is 1.03. The SMILES string of the molecule is O=C(CCc1ccc(S)cc1)OCC(O)CO. The molecule has 0 heterocycles. The fourth-order valence-corrected chi connectivity index (χ4v) is 1.37. The number of hydrogen-bond acceptors (Lipinski definition) is 5. The van der Waals surface area contributed by atoms with Crippen LogP contribution >= 0.6 is 12.6 Å². The van der Waals surface area contributed by atoms with Gasteiger partial charge in [0, 0.05) is 11.3 Å². The molecule has 0 aliphatic rings. The first kappa shape index (κ1) is 14.0. The Morgan fingerprint density at radius 3 is 2.59 bits per heavy atom. The van der Waals surface area contributed by atoms with Crippen LogP contribution in [0.4, 0.5) is 0 Å². The third-order valence-corrected chi connectivity index (χ3v) is 2.50. The van der Waals surface area contributed by atoms with Crippen LogP contribution in [-0.2, 0) is 16.0 Å². The smallest absolute Gasteiger partial charge is 0.306 e. The Morgan fingerprint density at radius 2 is 2.00 bits per heavy atom. The fourth-order valence-electron chi connectivity index (χ4n) is 1.22. The minimum absolute atomic E-state index is 0.162. The van der Waals surface area contributed by atoms with Gasteiger partial charge in [0.05, 0.1) is 6.61 Å². The van der Waals surface area contributed by atoms with Crippen molar-refractivity contribution in [3.05, 3.63) is 29.8 Å². The Morgan fingerprint density at radius 1 is 1.35 bits per heavy atom. The number of hydrogen-bond donors (Lipinski definition) is 3. The van der Waals surface area contributed by atoms with Gasteiger partial charge in [0.25, 0.3) is 0 Å². The van der Waals surface area contributed by atoms with Gasteiger partial charge in [0.15, 0.2) is 0 Å². The average molecular weight is 256 g/mol. The van der Waals surface area contributed by atoms with E-state index in [0.717, 1.165) is 10.5 Å². The maximum Gasteiger partial charge on any atom is 0.306 e. The van der Waals surface area contributed by atoms with E-state index < -0.39 is 12.7 Å². The number of carbonyl (C=O) groups is 1. The van der Waals surface area contributed by atoms with E-state index in [9.17, 15) is 4.79 Å². The first-order valence-corrected chi connectivity index (χ1v) is 5.79. The van der Waals surface area contributed by atoms with Gasteiger partial charge in [-0.25, -0.2) is 0 Å². The molecule has 1 aromatic rings. The molecule has 0 saturated heterocycles. The number of rotatable bonds is 6. The van der Waals surface area contributed by atoms with E-state index in [1.807, 2.05) is 24.3 Å². The number of aryl methyl sites for hydroxylation is 1. The number of ether oxygens (including phenoxy) is 1. The zero-order valence-electron chi connectivity index (χ0n) is 9.37. The molecule has 5 heteroatoms. The molecule has 0 saturated carbocycles. The van der Waals surface area contributed by atoms with Crippen LogP contribution in [0.5, 0.6) is 0 Å². The summed E-state index contributed by atoms with van der Waals surface area (Å²) >= 11 is 4.16. The summed E-state index contributed by atoms with van der Waals surface area (Å²) in [6.07, 6.45) is -0.158. The number of esters is 1. The Balaban J connectivity index is 2.26. The quantitative estimate of drug-likeness (QED) is 0.520. The predicted molar refractivity (Wildman–Crippen MR) is 66.1 cm³/mol. The number of benzene rings is 1. The zero-order chi connectivity index (χ0) is 12.7. The van der Waals surface area contributed by atoms with Gasteiger partial charge in [-0.1, -0.05) is 12.1 Å². The van der Waals surface area contributed by atoms with Crippen LogP contribution in [0.2, 0.25) is 0 Å². The van der Waals surface area contributed by atoms with Crippen LogP contribution in [0.3, 0.4) is 0 Å². The van der Waals surface area contributed by atoms with Gasteiger partial charge in [-0.2, -0.15) is 0 Å². The molecule has 1 aromatic carbocycles. The molecule has 17 heavy (non-hydrogen) atoms. The maximum absolute atomic E-state index is 11.3. The second kappa shape index (κ2) is 7.32. The molecule has 0 aliphatic carbocycles. The predicted octanol–water partition coefficient (Wildman–Crippen LogP) is 0.804. The molecule has 0 amide bonds. The minimum atomic E-state index is -0.998. The highest BCUT2D eigenvalue weighted by molar-refractivity contribution is 7.80. The number of aliphatic hydroxyl groups excluding tert-OH is 2. The van der Waals surface area contributed by atoms with Crippen molar-refractivity contribution in [1.29, 1.82) is 0 Å². The zero-order valence-corrected chi connectivity index (χ0v) is 10.3. The Hall–Kier alpha value is -1.04. The summed E-state index contributed by atoms with van der Waals surface area (Å²) in [6.45, 7) is -0.568. The highest BCUT2D eigenvalue weighted by Crippen LogP contribution is 2.09. The highest BCUT2D eigenvalue weighted by atomic mass is 32.1. The molecule has 4 nitrogen and oxygen atoms in total. The van der Waals surface area contributed by atoms with Crippen LogP contribution < -0.4 is 0 Å². The summed E-state index contributed by atoms with van der Waals surface area (Å²) in [7, 11) is 0. The molecule has 0 spiro atoms. The van der Waals surface area contributed by atoms with Crippen LogP contribution in [-0.4, -0.2) is 35.5 Å². The lowest BCUT2D eigenvalue weighted by atomic mass is 10.1. The standard InChI is InChI=1S/C12H16O4S/c13-7-10(14)8-16-12(15)6-3-9-1-4-11(17)5-2-9/h1-2,4-5,10,13-14,17H,3,6-8H2. The molecule has 0 bridgehead atoms. The van der Waals surface area contributed by atoms with Crippen LogP contribution in [0, 0.1) is 0 Å². The van der Waals surface area contributed by atoms with Crippen molar-refractivity contribution in [2.75, 3.05) is 13.2 Å². The molecule has 0 radical (unpaired) electrons. The van der Waals surface area contributed by atoms with Gasteiger partial charge in [0.2, 0.25) is 0 Å². The third-order valence-electron chi connectivity index (χ3n) is 2.20. The van der Waals surface area contributed by atoms with Gasteiger partial charge in [-0.05, 0) is 24.1 Å². The van der Waals surface area contributed by atoms with Crippen molar-refractivity contribution in [3.63, 3.8) is 0 Å². The van der Waals surface area contributed by atoms with E-state index in [1.165, 1.54) is 0 Å². The second-order valence-electron chi connectivity index (χ2n) is 3.69. The lowest BCUT2D eigenvalue weighted by molar-refractivity contribution is -0.147. The van der Waals surface area contributed by atoms with Crippen molar-refractivity contribution in [2.45, 2.75) is 23.8 Å². The van der Waals surface area contributed by atoms with Crippen LogP contribution in [0.25, 0.3) is 0 Å². The topological polar surface area (TPSA) is 66.8 Å². The molecule has 1 rings (SSSR count).